The molecular formula is C15H20ClN3O2. The third-order valence-electron chi connectivity index (χ3n) is 3.12. The fourth-order valence-electron chi connectivity index (χ4n) is 2.10. The summed E-state index contributed by atoms with van der Waals surface area (Å²) < 4.78 is 12.4. The SMILES string of the molecule is COc1cc(CNCCCn2cccn2)cc(Cl)c1OC. The lowest BCUT2D eigenvalue weighted by molar-refractivity contribution is 0.354. The fourth-order valence-corrected chi connectivity index (χ4v) is 2.42. The second kappa shape index (κ2) is 7.90. The number of methoxy groups -OCH3 is 2. The molecule has 1 N–H and O–H groups in total. The minimum atomic E-state index is 0.560. The molecule has 0 saturated heterocycles. The Morgan fingerprint density at radius 1 is 1.29 bits per heavy atom. The van der Waals surface area contributed by atoms with Gasteiger partial charge in [-0.15, -0.1) is 0 Å². The average molecular weight is 310 g/mol. The van der Waals surface area contributed by atoms with Gasteiger partial charge in [-0.05, 0) is 36.7 Å². The highest BCUT2D eigenvalue weighted by atomic mass is 35.5. The van der Waals surface area contributed by atoms with E-state index in [1.165, 1.54) is 0 Å². The highest BCUT2D eigenvalue weighted by Gasteiger charge is 2.10. The highest BCUT2D eigenvalue weighted by Crippen LogP contribution is 2.35. The molecule has 0 spiro atoms. The highest BCUT2D eigenvalue weighted by molar-refractivity contribution is 6.32. The summed E-state index contributed by atoms with van der Waals surface area (Å²) in [5, 5.41) is 8.11. The number of nitrogens with one attached hydrogen (secondary N) is 1. The first-order chi connectivity index (χ1) is 10.2. The van der Waals surface area contributed by atoms with Crippen LogP contribution >= 0.6 is 11.6 Å². The molecule has 0 bridgehead atoms. The summed E-state index contributed by atoms with van der Waals surface area (Å²) in [6.45, 7) is 2.55. The van der Waals surface area contributed by atoms with E-state index in [0.29, 0.717) is 16.5 Å². The van der Waals surface area contributed by atoms with Crippen molar-refractivity contribution >= 4 is 11.6 Å². The molecule has 5 nitrogen and oxygen atoms in total. The van der Waals surface area contributed by atoms with Crippen LogP contribution in [0.2, 0.25) is 5.02 Å². The van der Waals surface area contributed by atoms with Gasteiger partial charge in [0.25, 0.3) is 0 Å². The number of ether oxygens (including phenoxy) is 2. The standard InChI is InChI=1S/C15H20ClN3O2/c1-20-14-10-12(9-13(16)15(14)21-2)11-17-5-3-7-19-8-4-6-18-19/h4,6,8-10,17H,3,5,7,11H2,1-2H3. The maximum Gasteiger partial charge on any atom is 0.179 e. The summed E-state index contributed by atoms with van der Waals surface area (Å²) in [7, 11) is 3.19. The zero-order valence-electron chi connectivity index (χ0n) is 12.3. The van der Waals surface area contributed by atoms with Gasteiger partial charge < -0.3 is 14.8 Å². The Hall–Kier alpha value is -1.72. The molecule has 1 aromatic heterocycles. The summed E-state index contributed by atoms with van der Waals surface area (Å²) in [6, 6.07) is 5.76. The van der Waals surface area contributed by atoms with Crippen LogP contribution in [0.1, 0.15) is 12.0 Å². The number of benzene rings is 1. The van der Waals surface area contributed by atoms with Gasteiger partial charge in [-0.2, -0.15) is 5.10 Å². The molecule has 6 heteroatoms. The van der Waals surface area contributed by atoms with E-state index in [1.807, 2.05) is 29.1 Å². The van der Waals surface area contributed by atoms with E-state index in [9.17, 15) is 0 Å². The van der Waals surface area contributed by atoms with Gasteiger partial charge in [0, 0.05) is 25.5 Å². The number of hydrogen-bond acceptors (Lipinski definition) is 4. The Balaban J connectivity index is 1.81. The van der Waals surface area contributed by atoms with Crippen molar-refractivity contribution in [3.63, 3.8) is 0 Å². The molecular weight excluding hydrogens is 290 g/mol. The van der Waals surface area contributed by atoms with Gasteiger partial charge in [0.15, 0.2) is 11.5 Å². The maximum atomic E-state index is 6.18. The normalized spacial score (nSPS) is 10.6. The van der Waals surface area contributed by atoms with Crippen LogP contribution in [-0.4, -0.2) is 30.5 Å². The van der Waals surface area contributed by atoms with Crippen LogP contribution in [0.5, 0.6) is 11.5 Å². The van der Waals surface area contributed by atoms with Gasteiger partial charge in [0.1, 0.15) is 0 Å². The minimum Gasteiger partial charge on any atom is -0.493 e. The average Bonchev–Trinajstić information content (AvgIpc) is 2.99. The molecule has 0 aliphatic heterocycles. The minimum absolute atomic E-state index is 0.560. The van der Waals surface area contributed by atoms with E-state index >= 15 is 0 Å². The molecule has 0 aliphatic rings. The van der Waals surface area contributed by atoms with Gasteiger partial charge in [-0.1, -0.05) is 11.6 Å². The lowest BCUT2D eigenvalue weighted by atomic mass is 10.2. The molecule has 21 heavy (non-hydrogen) atoms. The van der Waals surface area contributed by atoms with Gasteiger partial charge in [0.2, 0.25) is 0 Å². The quantitative estimate of drug-likeness (QED) is 0.762. The second-order valence-electron chi connectivity index (χ2n) is 4.61. The van der Waals surface area contributed by atoms with E-state index < -0.39 is 0 Å². The third-order valence-corrected chi connectivity index (χ3v) is 3.40. The van der Waals surface area contributed by atoms with E-state index in [1.54, 1.807) is 20.4 Å². The maximum absolute atomic E-state index is 6.18. The lowest BCUT2D eigenvalue weighted by Crippen LogP contribution is -2.16. The monoisotopic (exact) mass is 309 g/mol. The lowest BCUT2D eigenvalue weighted by Gasteiger charge is -2.12. The van der Waals surface area contributed by atoms with Crippen LogP contribution in [0.15, 0.2) is 30.6 Å². The number of aryl methyl sites for hydroxylation is 1. The number of halogens is 1. The third kappa shape index (κ3) is 4.37. The first kappa shape index (κ1) is 15.7. The zero-order valence-corrected chi connectivity index (χ0v) is 13.1. The predicted molar refractivity (Wildman–Crippen MR) is 83.1 cm³/mol. The molecule has 0 saturated carbocycles. The van der Waals surface area contributed by atoms with Crippen LogP contribution in [0.3, 0.4) is 0 Å². The second-order valence-corrected chi connectivity index (χ2v) is 5.02. The van der Waals surface area contributed by atoms with Crippen LogP contribution in [0, 0.1) is 0 Å². The van der Waals surface area contributed by atoms with Crippen molar-refractivity contribution < 1.29 is 9.47 Å². The Labute approximate surface area is 129 Å². The van der Waals surface area contributed by atoms with Crippen LogP contribution in [-0.2, 0) is 13.1 Å². The van der Waals surface area contributed by atoms with Gasteiger partial charge >= 0.3 is 0 Å². The molecule has 0 fully saturated rings. The van der Waals surface area contributed by atoms with Crippen molar-refractivity contribution in [2.75, 3.05) is 20.8 Å². The van der Waals surface area contributed by atoms with Gasteiger partial charge in [-0.3, -0.25) is 4.68 Å². The number of rotatable bonds is 8. The molecule has 0 atom stereocenters. The van der Waals surface area contributed by atoms with Crippen molar-refractivity contribution in [1.82, 2.24) is 15.1 Å². The Morgan fingerprint density at radius 2 is 2.14 bits per heavy atom. The number of aromatic nitrogens is 2. The van der Waals surface area contributed by atoms with Gasteiger partial charge in [0.05, 0.1) is 19.2 Å². The Kier molecular flexibility index (Phi) is 5.90. The van der Waals surface area contributed by atoms with Crippen molar-refractivity contribution in [3.05, 3.63) is 41.2 Å². The molecule has 0 amide bonds. The largest absolute Gasteiger partial charge is 0.493 e. The summed E-state index contributed by atoms with van der Waals surface area (Å²) >= 11 is 6.18. The van der Waals surface area contributed by atoms with Crippen molar-refractivity contribution in [1.29, 1.82) is 0 Å². The molecule has 2 rings (SSSR count). The molecule has 1 aromatic carbocycles. The molecule has 0 radical (unpaired) electrons. The molecule has 114 valence electrons. The first-order valence-corrected chi connectivity index (χ1v) is 7.21. The summed E-state index contributed by atoms with van der Waals surface area (Å²) in [5.41, 5.74) is 1.07. The Morgan fingerprint density at radius 3 is 2.81 bits per heavy atom. The van der Waals surface area contributed by atoms with Crippen molar-refractivity contribution in [2.45, 2.75) is 19.5 Å². The number of hydrogen-bond donors (Lipinski definition) is 1. The van der Waals surface area contributed by atoms with Crippen LogP contribution in [0.25, 0.3) is 0 Å². The molecule has 1 heterocycles. The van der Waals surface area contributed by atoms with E-state index in [0.717, 1.165) is 31.6 Å². The van der Waals surface area contributed by atoms with Crippen molar-refractivity contribution in [3.8, 4) is 11.5 Å². The Bertz CT molecular complexity index is 558. The van der Waals surface area contributed by atoms with E-state index in [2.05, 4.69) is 10.4 Å². The number of nitrogens with zero attached hydrogens (tertiary/aromatic N) is 2. The fraction of sp³-hybridized carbons (Fsp3) is 0.400. The summed E-state index contributed by atoms with van der Waals surface area (Å²) in [5.74, 6) is 1.22. The summed E-state index contributed by atoms with van der Waals surface area (Å²) in [4.78, 5) is 0. The topological polar surface area (TPSA) is 48.3 Å². The van der Waals surface area contributed by atoms with Gasteiger partial charge in [-0.25, -0.2) is 0 Å². The molecule has 0 aliphatic carbocycles. The van der Waals surface area contributed by atoms with Crippen molar-refractivity contribution in [2.24, 2.45) is 0 Å². The smallest absolute Gasteiger partial charge is 0.179 e. The zero-order chi connectivity index (χ0) is 15.1. The van der Waals surface area contributed by atoms with E-state index in [4.69, 9.17) is 21.1 Å². The first-order valence-electron chi connectivity index (χ1n) is 6.83. The van der Waals surface area contributed by atoms with E-state index in [-0.39, 0.29) is 0 Å². The predicted octanol–water partition coefficient (Wildman–Crippen LogP) is 2.73. The molecule has 0 unspecified atom stereocenters. The summed E-state index contributed by atoms with van der Waals surface area (Å²) in [6.07, 6.45) is 4.77. The van der Waals surface area contributed by atoms with Crippen LogP contribution < -0.4 is 14.8 Å². The van der Waals surface area contributed by atoms with Crippen LogP contribution in [0.4, 0.5) is 0 Å². The molecule has 2 aromatic rings.